The first-order chi connectivity index (χ1) is 20.3. The molecule has 3 heteroatoms. The average molecular weight is 699 g/mol. The van der Waals surface area contributed by atoms with Crippen LogP contribution in [0.4, 0.5) is 0 Å². The van der Waals surface area contributed by atoms with E-state index in [1.54, 1.807) is 17.6 Å². The molecule has 44 heavy (non-hydrogen) atoms. The van der Waals surface area contributed by atoms with E-state index in [0.29, 0.717) is 9.54 Å². The second kappa shape index (κ2) is 14.4. The minimum Gasteiger partial charge on any atom is -1.00 e. The fraction of sp³-hybridized carbons (Fsp3) is 0.293. The van der Waals surface area contributed by atoms with Crippen LogP contribution < -0.4 is 24.8 Å². The van der Waals surface area contributed by atoms with Crippen LogP contribution in [0.15, 0.2) is 118 Å². The van der Waals surface area contributed by atoms with E-state index in [2.05, 4.69) is 151 Å². The molecule has 1 unspecified atom stereocenters. The first-order valence-corrected chi connectivity index (χ1v) is 19.6. The van der Waals surface area contributed by atoms with Crippen molar-refractivity contribution in [2.45, 2.75) is 64.4 Å². The maximum atomic E-state index is 2.70. The summed E-state index contributed by atoms with van der Waals surface area (Å²) < 4.78 is 3.87. The Labute approximate surface area is 285 Å². The Hall–Kier alpha value is -2.31. The number of allylic oxidation sites excluding steroid dienone is 4. The van der Waals surface area contributed by atoms with Gasteiger partial charge in [-0.15, -0.1) is 0 Å². The fourth-order valence-electron chi connectivity index (χ4n) is 6.88. The second-order valence-corrected chi connectivity index (χ2v) is 19.4. The number of hydrogen-bond acceptors (Lipinski definition) is 0. The van der Waals surface area contributed by atoms with Crippen LogP contribution >= 0.6 is 0 Å². The molecule has 0 fully saturated rings. The summed E-state index contributed by atoms with van der Waals surface area (Å²) in [6.45, 7) is 13.9. The molecule has 0 heterocycles. The monoisotopic (exact) mass is 696 g/mol. The van der Waals surface area contributed by atoms with E-state index in [1.165, 1.54) is 58.2 Å². The molecule has 226 valence electrons. The Morgan fingerprint density at radius 2 is 1.16 bits per heavy atom. The van der Waals surface area contributed by atoms with Crippen molar-refractivity contribution in [3.63, 3.8) is 0 Å². The molecule has 2 aliphatic carbocycles. The van der Waals surface area contributed by atoms with E-state index in [4.69, 9.17) is 0 Å². The number of benzene rings is 4. The zero-order valence-corrected chi connectivity index (χ0v) is 30.9. The van der Waals surface area contributed by atoms with Crippen molar-refractivity contribution in [1.82, 2.24) is 0 Å². The molecule has 0 spiro atoms. The van der Waals surface area contributed by atoms with Crippen molar-refractivity contribution >= 4 is 3.21 Å². The van der Waals surface area contributed by atoms with Gasteiger partial charge >= 0.3 is 263 Å². The summed E-state index contributed by atoms with van der Waals surface area (Å²) in [5.41, 5.74) is 13.1. The summed E-state index contributed by atoms with van der Waals surface area (Å²) in [4.78, 5) is 0. The Morgan fingerprint density at radius 1 is 0.682 bits per heavy atom. The Bertz CT molecular complexity index is 1610. The molecule has 0 N–H and O–H groups in total. The topological polar surface area (TPSA) is 0 Å². The molecule has 0 nitrogen and oxygen atoms in total. The van der Waals surface area contributed by atoms with E-state index in [0.717, 1.165) is 0 Å². The van der Waals surface area contributed by atoms with Crippen molar-refractivity contribution in [3.8, 4) is 11.1 Å². The van der Waals surface area contributed by atoms with E-state index >= 15 is 0 Å². The predicted octanol–water partition coefficient (Wildman–Crippen LogP) is 4.94. The van der Waals surface area contributed by atoms with Crippen molar-refractivity contribution in [1.29, 1.82) is 0 Å². The minimum atomic E-state index is -2.77. The van der Waals surface area contributed by atoms with Crippen LogP contribution in [0.1, 0.15) is 84.0 Å². The van der Waals surface area contributed by atoms with Crippen LogP contribution in [-0.4, -0.2) is 3.21 Å². The summed E-state index contributed by atoms with van der Waals surface area (Å²) in [6.07, 6.45) is 9.12. The van der Waals surface area contributed by atoms with E-state index in [-0.39, 0.29) is 30.2 Å². The molecule has 0 saturated carbocycles. The number of aryl methyl sites for hydroxylation is 2. The van der Waals surface area contributed by atoms with Crippen LogP contribution in [0.25, 0.3) is 11.1 Å². The quantitative estimate of drug-likeness (QED) is 0.257. The number of rotatable bonds is 7. The molecule has 0 aliphatic heterocycles. The van der Waals surface area contributed by atoms with E-state index in [1.807, 2.05) is 0 Å². The zero-order valence-electron chi connectivity index (χ0n) is 26.9. The van der Waals surface area contributed by atoms with E-state index in [9.17, 15) is 0 Å². The van der Waals surface area contributed by atoms with Crippen LogP contribution in [0.5, 0.6) is 0 Å². The summed E-state index contributed by atoms with van der Waals surface area (Å²) in [5, 5.41) is 0. The molecule has 0 amide bonds. The van der Waals surface area contributed by atoms with Crippen LogP contribution in [0.2, 0.25) is 0 Å². The smallest absolute Gasteiger partial charge is 1.00 e. The van der Waals surface area contributed by atoms with E-state index < -0.39 is 21.3 Å². The summed E-state index contributed by atoms with van der Waals surface area (Å²) in [6, 6.07) is 37.5. The minimum absolute atomic E-state index is 0. The molecule has 0 saturated heterocycles. The van der Waals surface area contributed by atoms with Crippen molar-refractivity contribution in [2.75, 3.05) is 0 Å². The van der Waals surface area contributed by atoms with Crippen molar-refractivity contribution < 1.29 is 46.1 Å². The standard InChI is InChI=1S/C15H14.C13H9.C13H21.2ClH.Zr/c1-12-3-7-14(8-4-12)11-15-9-5-13(2)6-10-15;1-3-7-12-10(5-1)9-11-6-2-4-8-13(11)12;1-5-6-7-11-8-9-12(10-11)13(2,3)4;;;/h3-10H,1-2H3;1-9H;9-11H,5-7H2,1-4H3;2*1H;/q;;;;;+2/p-2. The van der Waals surface area contributed by atoms with Gasteiger partial charge in [0.15, 0.2) is 0 Å². The van der Waals surface area contributed by atoms with Gasteiger partial charge in [0, 0.05) is 0 Å². The normalized spacial score (nSPS) is 15.2. The van der Waals surface area contributed by atoms with Crippen LogP contribution in [0.3, 0.4) is 0 Å². The van der Waals surface area contributed by atoms with Gasteiger partial charge in [-0.25, -0.2) is 0 Å². The van der Waals surface area contributed by atoms with Gasteiger partial charge in [0.05, 0.1) is 0 Å². The third-order valence-corrected chi connectivity index (χ3v) is 17.7. The number of unbranched alkanes of at least 4 members (excludes halogenated alkanes) is 1. The Morgan fingerprint density at radius 3 is 1.61 bits per heavy atom. The van der Waals surface area contributed by atoms with Crippen molar-refractivity contribution in [2.24, 2.45) is 11.3 Å². The molecule has 0 aromatic heterocycles. The largest absolute Gasteiger partial charge is 1.00 e. The number of hydrogen-bond donors (Lipinski definition) is 0. The third kappa shape index (κ3) is 6.77. The number of fused-ring (bicyclic) bond motifs is 3. The molecule has 0 bridgehead atoms. The molecular formula is C41H44Cl2Zr. The molecule has 1 atom stereocenters. The summed E-state index contributed by atoms with van der Waals surface area (Å²) >= 11 is -2.77. The SMILES string of the molecule is CCCCC1C=C(C(C)(C)C)C=[C]1[Zr+2](=[C](c1ccc(C)cc1)c1ccc(C)cc1)[CH]1c2ccccc2-c2ccccc21.[Cl-].[Cl-]. The zero-order chi connectivity index (χ0) is 29.4. The second-order valence-electron chi connectivity index (χ2n) is 13.3. The first-order valence-electron chi connectivity index (χ1n) is 15.8. The molecule has 6 rings (SSSR count). The number of halogens is 2. The van der Waals surface area contributed by atoms with Gasteiger partial charge in [-0.3, -0.25) is 0 Å². The van der Waals surface area contributed by atoms with Gasteiger partial charge in [-0.1, -0.05) is 0 Å². The Balaban J connectivity index is 0.00000221. The molecular weight excluding hydrogens is 655 g/mol. The van der Waals surface area contributed by atoms with Gasteiger partial charge in [0.25, 0.3) is 0 Å². The van der Waals surface area contributed by atoms with Gasteiger partial charge in [0.1, 0.15) is 0 Å². The summed E-state index contributed by atoms with van der Waals surface area (Å²) in [7, 11) is 0. The third-order valence-electron chi connectivity index (χ3n) is 9.21. The Kier molecular flexibility index (Phi) is 11.3. The maximum absolute atomic E-state index is 2.77. The molecule has 0 radical (unpaired) electrons. The molecule has 4 aromatic rings. The van der Waals surface area contributed by atoms with Crippen molar-refractivity contribution in [3.05, 3.63) is 151 Å². The van der Waals surface area contributed by atoms with Gasteiger partial charge in [-0.05, 0) is 0 Å². The van der Waals surface area contributed by atoms with Crippen LogP contribution in [0, 0.1) is 25.2 Å². The first kappa shape index (κ1) is 34.6. The van der Waals surface area contributed by atoms with Gasteiger partial charge in [0.2, 0.25) is 0 Å². The molecule has 4 aromatic carbocycles. The summed E-state index contributed by atoms with van der Waals surface area (Å²) in [5.74, 6) is 0.527. The fourth-order valence-corrected chi connectivity index (χ4v) is 16.5. The molecule has 2 aliphatic rings. The predicted molar refractivity (Wildman–Crippen MR) is 178 cm³/mol. The van der Waals surface area contributed by atoms with Gasteiger partial charge in [-0.2, -0.15) is 0 Å². The maximum Gasteiger partial charge on any atom is -1.00 e. The van der Waals surface area contributed by atoms with Gasteiger partial charge < -0.3 is 24.8 Å². The van der Waals surface area contributed by atoms with Crippen LogP contribution in [-0.2, 0) is 21.3 Å². The average Bonchev–Trinajstić information content (AvgIpc) is 3.56.